The molecule has 0 bridgehead atoms. The third-order valence-corrected chi connectivity index (χ3v) is 1.75. The molecule has 0 aliphatic carbocycles. The number of nitrogens with two attached hydrogens (primary N) is 1. The maximum absolute atomic E-state index is 5.74. The Balaban J connectivity index is 3.02. The number of nitrogen functional groups attached to an aromatic ring is 1. The number of ether oxygens (including phenoxy) is 1. The smallest absolute Gasteiger partial charge is 0.235 e. The van der Waals surface area contributed by atoms with Crippen molar-refractivity contribution in [2.75, 3.05) is 12.8 Å². The Morgan fingerprint density at radius 1 is 1.58 bits per heavy atom. The van der Waals surface area contributed by atoms with Crippen molar-refractivity contribution in [1.82, 2.24) is 9.78 Å². The molecule has 0 aliphatic rings. The van der Waals surface area contributed by atoms with E-state index in [4.69, 9.17) is 10.5 Å². The zero-order valence-electron chi connectivity index (χ0n) is 7.79. The largest absolute Gasteiger partial charge is 0.480 e. The van der Waals surface area contributed by atoms with Crippen LogP contribution in [0.5, 0.6) is 5.88 Å². The summed E-state index contributed by atoms with van der Waals surface area (Å²) in [5, 5.41) is 4.24. The Morgan fingerprint density at radius 3 is 2.75 bits per heavy atom. The molecule has 0 atom stereocenters. The lowest BCUT2D eigenvalue weighted by Crippen LogP contribution is -2.02. The van der Waals surface area contributed by atoms with E-state index < -0.39 is 0 Å². The average Bonchev–Trinajstić information content (AvgIpc) is 2.29. The van der Waals surface area contributed by atoms with Crippen molar-refractivity contribution in [3.05, 3.63) is 5.69 Å². The molecule has 0 amide bonds. The van der Waals surface area contributed by atoms with Crippen LogP contribution < -0.4 is 10.5 Å². The number of anilines is 1. The Bertz CT molecular complexity index is 268. The van der Waals surface area contributed by atoms with E-state index >= 15 is 0 Å². The lowest BCUT2D eigenvalue weighted by atomic mass is 10.4. The van der Waals surface area contributed by atoms with Gasteiger partial charge in [0.25, 0.3) is 0 Å². The van der Waals surface area contributed by atoms with Crippen LogP contribution in [-0.2, 0) is 6.54 Å². The lowest BCUT2D eigenvalue weighted by molar-refractivity contribution is 0.360. The van der Waals surface area contributed by atoms with Crippen LogP contribution in [0.25, 0.3) is 0 Å². The molecule has 0 saturated carbocycles. The highest BCUT2D eigenvalue weighted by molar-refractivity contribution is 5.52. The van der Waals surface area contributed by atoms with E-state index in [1.165, 1.54) is 0 Å². The molecular formula is C8H15N3O. The third-order valence-electron chi connectivity index (χ3n) is 1.75. The lowest BCUT2D eigenvalue weighted by Gasteiger charge is -2.03. The summed E-state index contributed by atoms with van der Waals surface area (Å²) >= 11 is 0. The molecule has 0 saturated heterocycles. The first kappa shape index (κ1) is 8.90. The number of methoxy groups -OCH3 is 1. The van der Waals surface area contributed by atoms with Gasteiger partial charge in [0.2, 0.25) is 5.88 Å². The fourth-order valence-electron chi connectivity index (χ4n) is 1.15. The maximum Gasteiger partial charge on any atom is 0.235 e. The molecule has 1 aromatic rings. The second kappa shape index (κ2) is 3.47. The standard InChI is InChI=1S/C8H15N3O/c1-4-5-11-8(12-3)7(9)6(2)10-11/h4-5,9H2,1-3H3. The van der Waals surface area contributed by atoms with E-state index in [0.717, 1.165) is 18.7 Å². The zero-order chi connectivity index (χ0) is 9.14. The summed E-state index contributed by atoms with van der Waals surface area (Å²) in [4.78, 5) is 0. The number of nitrogens with zero attached hydrogens (tertiary/aromatic N) is 2. The molecule has 1 heterocycles. The van der Waals surface area contributed by atoms with Gasteiger partial charge in [0.05, 0.1) is 12.8 Å². The van der Waals surface area contributed by atoms with Crippen molar-refractivity contribution in [3.63, 3.8) is 0 Å². The molecule has 0 spiro atoms. The highest BCUT2D eigenvalue weighted by atomic mass is 16.5. The van der Waals surface area contributed by atoms with E-state index in [-0.39, 0.29) is 0 Å². The number of hydrogen-bond donors (Lipinski definition) is 1. The van der Waals surface area contributed by atoms with Gasteiger partial charge in [-0.2, -0.15) is 5.10 Å². The van der Waals surface area contributed by atoms with Crippen LogP contribution in [0.1, 0.15) is 19.0 Å². The Kier molecular flexibility index (Phi) is 2.58. The van der Waals surface area contributed by atoms with Crippen LogP contribution in [0, 0.1) is 6.92 Å². The Labute approximate surface area is 72.3 Å². The first-order valence-electron chi connectivity index (χ1n) is 4.07. The highest BCUT2D eigenvalue weighted by Crippen LogP contribution is 2.24. The third kappa shape index (κ3) is 1.37. The van der Waals surface area contributed by atoms with Gasteiger partial charge in [-0.1, -0.05) is 6.92 Å². The van der Waals surface area contributed by atoms with Gasteiger partial charge in [0.15, 0.2) is 0 Å². The first-order valence-corrected chi connectivity index (χ1v) is 4.07. The summed E-state index contributed by atoms with van der Waals surface area (Å²) in [6, 6.07) is 0. The van der Waals surface area contributed by atoms with Crippen molar-refractivity contribution in [2.45, 2.75) is 26.8 Å². The number of hydrogen-bond acceptors (Lipinski definition) is 3. The summed E-state index contributed by atoms with van der Waals surface area (Å²) in [6.45, 7) is 4.82. The normalized spacial score (nSPS) is 10.2. The van der Waals surface area contributed by atoms with Crippen molar-refractivity contribution < 1.29 is 4.74 Å². The molecule has 68 valence electrons. The van der Waals surface area contributed by atoms with Crippen LogP contribution in [0.15, 0.2) is 0 Å². The number of aryl methyl sites for hydroxylation is 2. The van der Waals surface area contributed by atoms with E-state index in [9.17, 15) is 0 Å². The van der Waals surface area contributed by atoms with Gasteiger partial charge in [-0.3, -0.25) is 0 Å². The summed E-state index contributed by atoms with van der Waals surface area (Å²) in [7, 11) is 1.61. The predicted molar refractivity (Wildman–Crippen MR) is 48.2 cm³/mol. The topological polar surface area (TPSA) is 53.1 Å². The molecule has 0 aliphatic heterocycles. The van der Waals surface area contributed by atoms with Crippen LogP contribution in [0.4, 0.5) is 5.69 Å². The van der Waals surface area contributed by atoms with E-state index in [2.05, 4.69) is 12.0 Å². The molecule has 0 radical (unpaired) electrons. The van der Waals surface area contributed by atoms with Crippen LogP contribution in [0.2, 0.25) is 0 Å². The van der Waals surface area contributed by atoms with Gasteiger partial charge in [-0.25, -0.2) is 4.68 Å². The van der Waals surface area contributed by atoms with Gasteiger partial charge in [0.1, 0.15) is 5.69 Å². The van der Waals surface area contributed by atoms with Crippen molar-refractivity contribution in [1.29, 1.82) is 0 Å². The minimum atomic E-state index is 0.644. The minimum absolute atomic E-state index is 0.644. The molecule has 4 nitrogen and oxygen atoms in total. The number of rotatable bonds is 3. The summed E-state index contributed by atoms with van der Waals surface area (Å²) in [5.74, 6) is 0.675. The van der Waals surface area contributed by atoms with Crippen LogP contribution in [-0.4, -0.2) is 16.9 Å². The highest BCUT2D eigenvalue weighted by Gasteiger charge is 2.11. The second-order valence-electron chi connectivity index (χ2n) is 2.73. The quantitative estimate of drug-likeness (QED) is 0.739. The van der Waals surface area contributed by atoms with Gasteiger partial charge in [-0.05, 0) is 13.3 Å². The summed E-state index contributed by atoms with van der Waals surface area (Å²) in [6.07, 6.45) is 1.02. The summed E-state index contributed by atoms with van der Waals surface area (Å²) < 4.78 is 6.92. The predicted octanol–water partition coefficient (Wildman–Crippen LogP) is 1.19. The minimum Gasteiger partial charge on any atom is -0.480 e. The Hall–Kier alpha value is -1.19. The fraction of sp³-hybridized carbons (Fsp3) is 0.625. The molecule has 0 unspecified atom stereocenters. The first-order chi connectivity index (χ1) is 5.70. The van der Waals surface area contributed by atoms with Crippen molar-refractivity contribution in [3.8, 4) is 5.88 Å². The average molecular weight is 169 g/mol. The molecule has 1 aromatic heterocycles. The van der Waals surface area contributed by atoms with Crippen molar-refractivity contribution in [2.24, 2.45) is 0 Å². The zero-order valence-corrected chi connectivity index (χ0v) is 7.79. The maximum atomic E-state index is 5.74. The van der Waals surface area contributed by atoms with Gasteiger partial charge < -0.3 is 10.5 Å². The van der Waals surface area contributed by atoms with Gasteiger partial charge in [-0.15, -0.1) is 0 Å². The second-order valence-corrected chi connectivity index (χ2v) is 2.73. The molecule has 0 aromatic carbocycles. The monoisotopic (exact) mass is 169 g/mol. The van der Waals surface area contributed by atoms with E-state index in [1.807, 2.05) is 6.92 Å². The van der Waals surface area contributed by atoms with Crippen molar-refractivity contribution >= 4 is 5.69 Å². The fourth-order valence-corrected chi connectivity index (χ4v) is 1.15. The molecule has 0 fully saturated rings. The molecule has 1 rings (SSSR count). The molecule has 4 heteroatoms. The van der Waals surface area contributed by atoms with E-state index in [1.54, 1.807) is 11.8 Å². The molecular weight excluding hydrogens is 154 g/mol. The summed E-state index contributed by atoms with van der Waals surface area (Å²) in [5.41, 5.74) is 7.21. The Morgan fingerprint density at radius 2 is 2.25 bits per heavy atom. The molecule has 2 N–H and O–H groups in total. The van der Waals surface area contributed by atoms with Gasteiger partial charge in [0, 0.05) is 6.54 Å². The van der Waals surface area contributed by atoms with Crippen LogP contribution >= 0.6 is 0 Å². The van der Waals surface area contributed by atoms with Gasteiger partial charge >= 0.3 is 0 Å². The van der Waals surface area contributed by atoms with E-state index in [0.29, 0.717) is 11.6 Å². The SMILES string of the molecule is CCCn1nc(C)c(N)c1OC. The molecule has 12 heavy (non-hydrogen) atoms. The number of aromatic nitrogens is 2. The van der Waals surface area contributed by atoms with Crippen LogP contribution in [0.3, 0.4) is 0 Å².